The summed E-state index contributed by atoms with van der Waals surface area (Å²) in [6.45, 7) is 4.21. The van der Waals surface area contributed by atoms with Gasteiger partial charge in [0.25, 0.3) is 0 Å². The van der Waals surface area contributed by atoms with Crippen LogP contribution < -0.4 is 5.32 Å². The fourth-order valence-corrected chi connectivity index (χ4v) is 2.40. The molecule has 4 nitrogen and oxygen atoms in total. The second kappa shape index (κ2) is 5.98. The molecule has 1 atom stereocenters. The first-order chi connectivity index (χ1) is 8.31. The third kappa shape index (κ3) is 3.41. The van der Waals surface area contributed by atoms with Crippen molar-refractivity contribution in [1.82, 2.24) is 9.88 Å². The SMILES string of the molecule is CNc1cc(CN2CCC(COC)C2)ccn1. The molecule has 1 unspecified atom stereocenters. The molecule has 1 aromatic heterocycles. The number of rotatable bonds is 5. The van der Waals surface area contributed by atoms with Crippen molar-refractivity contribution in [3.05, 3.63) is 23.9 Å². The molecular formula is C13H21N3O. The molecule has 0 aromatic carbocycles. The molecular weight excluding hydrogens is 214 g/mol. The van der Waals surface area contributed by atoms with Crippen LogP contribution in [0.15, 0.2) is 18.3 Å². The first-order valence-electron chi connectivity index (χ1n) is 6.16. The lowest BCUT2D eigenvalue weighted by Gasteiger charge is -2.16. The van der Waals surface area contributed by atoms with E-state index in [1.807, 2.05) is 13.2 Å². The van der Waals surface area contributed by atoms with E-state index in [9.17, 15) is 0 Å². The summed E-state index contributed by atoms with van der Waals surface area (Å²) in [7, 11) is 3.68. The molecule has 1 saturated heterocycles. The smallest absolute Gasteiger partial charge is 0.125 e. The summed E-state index contributed by atoms with van der Waals surface area (Å²) >= 11 is 0. The van der Waals surface area contributed by atoms with Crippen molar-refractivity contribution in [2.75, 3.05) is 39.2 Å². The molecule has 2 rings (SSSR count). The van der Waals surface area contributed by atoms with Crippen molar-refractivity contribution in [3.8, 4) is 0 Å². The first kappa shape index (κ1) is 12.3. The van der Waals surface area contributed by atoms with Crippen molar-refractivity contribution in [2.45, 2.75) is 13.0 Å². The lowest BCUT2D eigenvalue weighted by atomic mass is 10.1. The third-order valence-corrected chi connectivity index (χ3v) is 3.26. The van der Waals surface area contributed by atoms with E-state index in [2.05, 4.69) is 27.3 Å². The highest BCUT2D eigenvalue weighted by atomic mass is 16.5. The van der Waals surface area contributed by atoms with E-state index in [0.29, 0.717) is 5.92 Å². The van der Waals surface area contributed by atoms with E-state index in [4.69, 9.17) is 4.74 Å². The molecule has 1 fully saturated rings. The molecule has 0 bridgehead atoms. The Morgan fingerprint density at radius 2 is 2.47 bits per heavy atom. The normalized spacial score (nSPS) is 20.7. The van der Waals surface area contributed by atoms with Gasteiger partial charge >= 0.3 is 0 Å². The molecule has 1 N–H and O–H groups in total. The van der Waals surface area contributed by atoms with Crippen LogP contribution in [0.2, 0.25) is 0 Å². The fraction of sp³-hybridized carbons (Fsp3) is 0.615. The van der Waals surface area contributed by atoms with Crippen LogP contribution >= 0.6 is 0 Å². The summed E-state index contributed by atoms with van der Waals surface area (Å²) in [6, 6.07) is 4.20. The van der Waals surface area contributed by atoms with Crippen LogP contribution in [-0.2, 0) is 11.3 Å². The van der Waals surface area contributed by atoms with Crippen molar-refractivity contribution < 1.29 is 4.74 Å². The Hall–Kier alpha value is -1.13. The maximum atomic E-state index is 5.21. The van der Waals surface area contributed by atoms with Gasteiger partial charge in [-0.25, -0.2) is 4.98 Å². The molecule has 0 saturated carbocycles. The zero-order chi connectivity index (χ0) is 12.1. The average molecular weight is 235 g/mol. The van der Waals surface area contributed by atoms with Gasteiger partial charge in [0.05, 0.1) is 6.61 Å². The van der Waals surface area contributed by atoms with Gasteiger partial charge in [0.2, 0.25) is 0 Å². The van der Waals surface area contributed by atoms with Crippen LogP contribution in [0.5, 0.6) is 0 Å². The van der Waals surface area contributed by atoms with E-state index in [1.165, 1.54) is 18.5 Å². The molecule has 2 heterocycles. The molecule has 0 spiro atoms. The zero-order valence-electron chi connectivity index (χ0n) is 10.6. The summed E-state index contributed by atoms with van der Waals surface area (Å²) in [5.74, 6) is 1.64. The number of ether oxygens (including phenoxy) is 1. The van der Waals surface area contributed by atoms with Gasteiger partial charge in [-0.05, 0) is 36.6 Å². The molecule has 0 amide bonds. The van der Waals surface area contributed by atoms with E-state index in [0.717, 1.165) is 25.5 Å². The fourth-order valence-electron chi connectivity index (χ4n) is 2.40. The standard InChI is InChI=1S/C13H21N3O/c1-14-13-7-11(3-5-15-13)8-16-6-4-12(9-16)10-17-2/h3,5,7,12H,4,6,8-10H2,1-2H3,(H,14,15). The lowest BCUT2D eigenvalue weighted by Crippen LogP contribution is -2.21. The Morgan fingerprint density at radius 3 is 3.24 bits per heavy atom. The van der Waals surface area contributed by atoms with Crippen LogP contribution in [0.3, 0.4) is 0 Å². The number of nitrogens with one attached hydrogen (secondary N) is 1. The molecule has 1 aliphatic rings. The van der Waals surface area contributed by atoms with Crippen LogP contribution in [-0.4, -0.2) is 43.7 Å². The Kier molecular flexibility index (Phi) is 4.34. The highest BCUT2D eigenvalue weighted by molar-refractivity contribution is 5.36. The summed E-state index contributed by atoms with van der Waals surface area (Å²) in [5.41, 5.74) is 1.32. The number of likely N-dealkylation sites (tertiary alicyclic amines) is 1. The maximum absolute atomic E-state index is 5.21. The van der Waals surface area contributed by atoms with Gasteiger partial charge < -0.3 is 10.1 Å². The van der Waals surface area contributed by atoms with Gasteiger partial charge in [-0.3, -0.25) is 4.90 Å². The number of hydrogen-bond donors (Lipinski definition) is 1. The van der Waals surface area contributed by atoms with Crippen LogP contribution in [0.25, 0.3) is 0 Å². The van der Waals surface area contributed by atoms with E-state index < -0.39 is 0 Å². The quantitative estimate of drug-likeness (QED) is 0.841. The number of pyridine rings is 1. The number of anilines is 1. The average Bonchev–Trinajstić information content (AvgIpc) is 2.77. The van der Waals surface area contributed by atoms with Crippen molar-refractivity contribution in [1.29, 1.82) is 0 Å². The second-order valence-corrected chi connectivity index (χ2v) is 4.64. The Balaban J connectivity index is 1.88. The highest BCUT2D eigenvalue weighted by Gasteiger charge is 2.22. The third-order valence-electron chi connectivity index (χ3n) is 3.26. The molecule has 17 heavy (non-hydrogen) atoms. The lowest BCUT2D eigenvalue weighted by molar-refractivity contribution is 0.152. The van der Waals surface area contributed by atoms with E-state index in [-0.39, 0.29) is 0 Å². The van der Waals surface area contributed by atoms with Gasteiger partial charge in [0.15, 0.2) is 0 Å². The van der Waals surface area contributed by atoms with Crippen molar-refractivity contribution >= 4 is 5.82 Å². The Morgan fingerprint density at radius 1 is 1.59 bits per heavy atom. The summed E-state index contributed by atoms with van der Waals surface area (Å²) < 4.78 is 5.21. The van der Waals surface area contributed by atoms with Crippen LogP contribution in [0.4, 0.5) is 5.82 Å². The minimum atomic E-state index is 0.700. The summed E-state index contributed by atoms with van der Waals surface area (Å²) in [6.07, 6.45) is 3.11. The predicted molar refractivity (Wildman–Crippen MR) is 69.0 cm³/mol. The molecule has 94 valence electrons. The van der Waals surface area contributed by atoms with Gasteiger partial charge in [-0.15, -0.1) is 0 Å². The highest BCUT2D eigenvalue weighted by Crippen LogP contribution is 2.19. The van der Waals surface area contributed by atoms with E-state index in [1.54, 1.807) is 7.11 Å². The number of methoxy groups -OCH3 is 1. The molecule has 4 heteroatoms. The number of aromatic nitrogens is 1. The van der Waals surface area contributed by atoms with Crippen molar-refractivity contribution in [2.24, 2.45) is 5.92 Å². The summed E-state index contributed by atoms with van der Waals surface area (Å²) in [5, 5.41) is 3.07. The number of nitrogens with zero attached hydrogens (tertiary/aromatic N) is 2. The maximum Gasteiger partial charge on any atom is 0.125 e. The molecule has 0 aliphatic carbocycles. The largest absolute Gasteiger partial charge is 0.384 e. The van der Waals surface area contributed by atoms with Gasteiger partial charge in [0, 0.05) is 33.4 Å². The van der Waals surface area contributed by atoms with Gasteiger partial charge in [0.1, 0.15) is 5.82 Å². The molecule has 1 aromatic rings. The second-order valence-electron chi connectivity index (χ2n) is 4.64. The Bertz CT molecular complexity index is 356. The molecule has 1 aliphatic heterocycles. The van der Waals surface area contributed by atoms with Crippen molar-refractivity contribution in [3.63, 3.8) is 0 Å². The minimum absolute atomic E-state index is 0.700. The summed E-state index contributed by atoms with van der Waals surface area (Å²) in [4.78, 5) is 6.71. The monoisotopic (exact) mass is 235 g/mol. The molecule has 0 radical (unpaired) electrons. The number of hydrogen-bond acceptors (Lipinski definition) is 4. The van der Waals surface area contributed by atoms with Gasteiger partial charge in [-0.1, -0.05) is 0 Å². The topological polar surface area (TPSA) is 37.4 Å². The predicted octanol–water partition coefficient (Wildman–Crippen LogP) is 1.59. The van der Waals surface area contributed by atoms with Gasteiger partial charge in [-0.2, -0.15) is 0 Å². The van der Waals surface area contributed by atoms with Crippen LogP contribution in [0.1, 0.15) is 12.0 Å². The minimum Gasteiger partial charge on any atom is -0.384 e. The van der Waals surface area contributed by atoms with Crippen LogP contribution in [0, 0.1) is 5.92 Å². The first-order valence-corrected chi connectivity index (χ1v) is 6.16. The zero-order valence-corrected chi connectivity index (χ0v) is 10.6. The Labute approximate surface area is 103 Å². The van der Waals surface area contributed by atoms with E-state index >= 15 is 0 Å².